The van der Waals surface area contributed by atoms with Gasteiger partial charge in [-0.05, 0) is 30.6 Å². The maximum atomic E-state index is 11.3. The van der Waals surface area contributed by atoms with Crippen molar-refractivity contribution < 1.29 is 18.9 Å². The lowest BCUT2D eigenvalue weighted by molar-refractivity contribution is 0.142. The Morgan fingerprint density at radius 1 is 0.541 bits per heavy atom. The van der Waals surface area contributed by atoms with Gasteiger partial charge in [-0.3, -0.25) is 4.52 Å². The van der Waals surface area contributed by atoms with Crippen LogP contribution < -0.4 is 0 Å². The van der Waals surface area contributed by atoms with Gasteiger partial charge in [0.25, 0.3) is 0 Å². The Morgan fingerprint density at radius 2 is 0.838 bits per heavy atom. The van der Waals surface area contributed by atoms with Crippen LogP contribution in [0.15, 0.2) is 0 Å². The van der Waals surface area contributed by atoms with E-state index in [0.29, 0.717) is 11.8 Å². The molecule has 0 heterocycles. The first-order valence-electron chi connectivity index (χ1n) is 16.5. The zero-order valence-electron chi connectivity index (χ0n) is 25.6. The lowest BCUT2D eigenvalue weighted by atomic mass is 9.85. The topological polar surface area (TPSA) is 66.8 Å². The van der Waals surface area contributed by atoms with Crippen molar-refractivity contribution in [2.24, 2.45) is 17.8 Å². The summed E-state index contributed by atoms with van der Waals surface area (Å²) in [5.74, 6) is 1.41. The molecule has 0 aliphatic carbocycles. The molecule has 224 valence electrons. The Bertz CT molecular complexity index is 475. The predicted molar refractivity (Wildman–Crippen MR) is 162 cm³/mol. The van der Waals surface area contributed by atoms with Gasteiger partial charge < -0.3 is 9.79 Å². The summed E-state index contributed by atoms with van der Waals surface area (Å²) in [6.07, 6.45) is 31.7. The van der Waals surface area contributed by atoms with Gasteiger partial charge in [-0.2, -0.15) is 0 Å². The molecule has 2 unspecified atom stereocenters. The Morgan fingerprint density at radius 3 is 1.14 bits per heavy atom. The molecule has 0 radical (unpaired) electrons. The number of unbranched alkanes of at least 4 members (excludes halogenated alkanes) is 18. The van der Waals surface area contributed by atoms with E-state index in [2.05, 4.69) is 27.7 Å². The van der Waals surface area contributed by atoms with E-state index in [1.54, 1.807) is 0 Å². The molecular formula is C32H67O4P. The summed E-state index contributed by atoms with van der Waals surface area (Å²) < 4.78 is 16.3. The van der Waals surface area contributed by atoms with Gasteiger partial charge in [0.1, 0.15) is 0 Å². The molecule has 37 heavy (non-hydrogen) atoms. The molecule has 0 saturated heterocycles. The highest BCUT2D eigenvalue weighted by molar-refractivity contribution is 7.46. The molecule has 0 aromatic carbocycles. The Kier molecular flexibility index (Phi) is 26.4. The minimum Gasteiger partial charge on any atom is -0.303 e. The van der Waals surface area contributed by atoms with Crippen molar-refractivity contribution in [3.8, 4) is 0 Å². The normalized spacial score (nSPS) is 14.6. The first-order valence-corrected chi connectivity index (χ1v) is 18.0. The third kappa shape index (κ3) is 28.9. The van der Waals surface area contributed by atoms with E-state index in [1.807, 2.05) is 0 Å². The van der Waals surface area contributed by atoms with Gasteiger partial charge in [-0.25, -0.2) is 4.57 Å². The first-order chi connectivity index (χ1) is 17.8. The van der Waals surface area contributed by atoms with E-state index in [0.717, 1.165) is 12.8 Å². The molecule has 2 atom stereocenters. The van der Waals surface area contributed by atoms with E-state index in [9.17, 15) is 14.4 Å². The number of hydrogen-bond acceptors (Lipinski definition) is 2. The maximum Gasteiger partial charge on any atom is 0.469 e. The largest absolute Gasteiger partial charge is 0.469 e. The fourth-order valence-electron chi connectivity index (χ4n) is 5.77. The molecule has 0 aromatic heterocycles. The fraction of sp³-hybridized carbons (Fsp3) is 1.00. The van der Waals surface area contributed by atoms with Gasteiger partial charge in [0.2, 0.25) is 0 Å². The van der Waals surface area contributed by atoms with Crippen LogP contribution in [0.2, 0.25) is 0 Å². The molecule has 0 saturated carbocycles. The van der Waals surface area contributed by atoms with Gasteiger partial charge in [0, 0.05) is 0 Å². The quantitative estimate of drug-likeness (QED) is 0.0723. The summed E-state index contributed by atoms with van der Waals surface area (Å²) in [7, 11) is -4.40. The summed E-state index contributed by atoms with van der Waals surface area (Å²) in [6, 6.07) is 0. The SMILES string of the molecule is CCCCCCCCCCCCC(C)CC(COP(=O)(O)O)CC(C)CCCCCCCCCCCC. The lowest BCUT2D eigenvalue weighted by Crippen LogP contribution is -2.16. The number of rotatable bonds is 29. The Hall–Kier alpha value is 0.110. The van der Waals surface area contributed by atoms with Gasteiger partial charge in [-0.15, -0.1) is 0 Å². The number of phosphoric acid groups is 1. The second-order valence-corrected chi connectivity index (χ2v) is 13.5. The minimum atomic E-state index is -4.40. The van der Waals surface area contributed by atoms with Crippen molar-refractivity contribution in [2.75, 3.05) is 6.61 Å². The molecule has 0 aromatic rings. The van der Waals surface area contributed by atoms with E-state index < -0.39 is 7.82 Å². The van der Waals surface area contributed by atoms with Gasteiger partial charge in [0.05, 0.1) is 6.61 Å². The maximum absolute atomic E-state index is 11.3. The predicted octanol–water partition coefficient (Wildman–Crippen LogP) is 11.4. The van der Waals surface area contributed by atoms with Crippen molar-refractivity contribution in [1.82, 2.24) is 0 Å². The minimum absolute atomic E-state index is 0.190. The van der Waals surface area contributed by atoms with Gasteiger partial charge in [0.15, 0.2) is 0 Å². The van der Waals surface area contributed by atoms with E-state index in [4.69, 9.17) is 4.52 Å². The van der Waals surface area contributed by atoms with Gasteiger partial charge >= 0.3 is 7.82 Å². The molecule has 0 fully saturated rings. The molecule has 0 aliphatic heterocycles. The highest BCUT2D eigenvalue weighted by Crippen LogP contribution is 2.38. The van der Waals surface area contributed by atoms with Crippen molar-refractivity contribution in [2.45, 2.75) is 182 Å². The van der Waals surface area contributed by atoms with E-state index in [-0.39, 0.29) is 12.5 Å². The fourth-order valence-corrected chi connectivity index (χ4v) is 6.17. The van der Waals surface area contributed by atoms with Crippen LogP contribution in [0.4, 0.5) is 0 Å². The van der Waals surface area contributed by atoms with Crippen LogP contribution in [0.1, 0.15) is 182 Å². The van der Waals surface area contributed by atoms with Crippen LogP contribution in [0.3, 0.4) is 0 Å². The molecule has 0 rings (SSSR count). The second kappa shape index (κ2) is 26.3. The molecule has 0 spiro atoms. The molecule has 4 nitrogen and oxygen atoms in total. The average molecular weight is 547 g/mol. The second-order valence-electron chi connectivity index (χ2n) is 12.3. The zero-order chi connectivity index (χ0) is 27.6. The van der Waals surface area contributed by atoms with Crippen molar-refractivity contribution in [3.05, 3.63) is 0 Å². The van der Waals surface area contributed by atoms with Crippen LogP contribution in [0.25, 0.3) is 0 Å². The molecule has 0 bridgehead atoms. The standard InChI is InChI=1S/C32H67O4P/c1-5-7-9-11-13-15-17-19-21-23-25-30(3)27-32(29-36-37(33,34)35)28-31(4)26-24-22-20-18-16-14-12-10-8-6-2/h30-32H,5-29H2,1-4H3,(H2,33,34,35). The average Bonchev–Trinajstić information content (AvgIpc) is 2.84. The van der Waals surface area contributed by atoms with Crippen LogP contribution in [-0.4, -0.2) is 16.4 Å². The third-order valence-corrected chi connectivity index (χ3v) is 8.54. The first kappa shape index (κ1) is 37.1. The summed E-state index contributed by atoms with van der Waals surface area (Å²) in [5.41, 5.74) is 0. The molecule has 5 heteroatoms. The summed E-state index contributed by atoms with van der Waals surface area (Å²) >= 11 is 0. The van der Waals surface area contributed by atoms with Crippen LogP contribution >= 0.6 is 7.82 Å². The molecule has 2 N–H and O–H groups in total. The van der Waals surface area contributed by atoms with E-state index in [1.165, 1.54) is 141 Å². The van der Waals surface area contributed by atoms with Gasteiger partial charge in [-0.1, -0.05) is 169 Å². The Labute approximate surface area is 232 Å². The molecule has 0 aliphatic rings. The monoisotopic (exact) mass is 546 g/mol. The number of phosphoric ester groups is 1. The highest BCUT2D eigenvalue weighted by Gasteiger charge is 2.22. The van der Waals surface area contributed by atoms with Crippen LogP contribution in [0, 0.1) is 17.8 Å². The zero-order valence-corrected chi connectivity index (χ0v) is 26.5. The molecular weight excluding hydrogens is 479 g/mol. The summed E-state index contributed by atoms with van der Waals surface area (Å²) in [6.45, 7) is 9.35. The van der Waals surface area contributed by atoms with Crippen LogP contribution in [-0.2, 0) is 9.09 Å². The van der Waals surface area contributed by atoms with Crippen molar-refractivity contribution >= 4 is 7.82 Å². The van der Waals surface area contributed by atoms with Crippen LogP contribution in [0.5, 0.6) is 0 Å². The summed E-state index contributed by atoms with van der Waals surface area (Å²) in [4.78, 5) is 18.5. The highest BCUT2D eigenvalue weighted by atomic mass is 31.2. The van der Waals surface area contributed by atoms with Crippen molar-refractivity contribution in [1.29, 1.82) is 0 Å². The Balaban J connectivity index is 4.06. The smallest absolute Gasteiger partial charge is 0.303 e. The lowest BCUT2D eigenvalue weighted by Gasteiger charge is -2.24. The van der Waals surface area contributed by atoms with Crippen molar-refractivity contribution in [3.63, 3.8) is 0 Å². The van der Waals surface area contributed by atoms with E-state index >= 15 is 0 Å². The summed E-state index contributed by atoms with van der Waals surface area (Å²) in [5, 5.41) is 0. The number of hydrogen-bond donors (Lipinski definition) is 2. The molecule has 0 amide bonds. The third-order valence-electron chi connectivity index (χ3n) is 8.05.